The first-order valence-corrected chi connectivity index (χ1v) is 12.2. The average molecular weight is 492 g/mol. The van der Waals surface area contributed by atoms with Crippen LogP contribution in [0.4, 0.5) is 5.95 Å². The highest BCUT2D eigenvalue weighted by Crippen LogP contribution is 2.34. The number of hydrogen-bond donors (Lipinski definition) is 2. The lowest BCUT2D eigenvalue weighted by atomic mass is 9.98. The number of piperidine rings is 1. The summed E-state index contributed by atoms with van der Waals surface area (Å²) in [6.45, 7) is 3.82. The second kappa shape index (κ2) is 9.65. The molecule has 0 saturated carbocycles. The van der Waals surface area contributed by atoms with Gasteiger partial charge in [0, 0.05) is 45.4 Å². The maximum absolute atomic E-state index is 12.8. The lowest BCUT2D eigenvalue weighted by Gasteiger charge is -2.29. The number of hydrogen-bond acceptors (Lipinski definition) is 9. The van der Waals surface area contributed by atoms with E-state index >= 15 is 0 Å². The largest absolute Gasteiger partial charge is 0.373 e. The lowest BCUT2D eigenvalue weighted by Crippen LogP contribution is -2.44. The van der Waals surface area contributed by atoms with Gasteiger partial charge in [0.05, 0.1) is 17.1 Å². The highest BCUT2D eigenvalue weighted by Gasteiger charge is 2.48. The topological polar surface area (TPSA) is 138 Å². The molecule has 2 unspecified atom stereocenters. The normalized spacial score (nSPS) is 21.0. The number of aliphatic hydroxyl groups is 1. The molecule has 188 valence electrons. The summed E-state index contributed by atoms with van der Waals surface area (Å²) in [5.74, 6) is 0.0625. The minimum absolute atomic E-state index is 0.0410. The average Bonchev–Trinajstić information content (AvgIpc) is 3.51. The minimum atomic E-state index is -1.72. The Kier molecular flexibility index (Phi) is 6.40. The molecule has 5 heterocycles. The first-order chi connectivity index (χ1) is 17.3. The highest BCUT2D eigenvalue weighted by molar-refractivity contribution is 5.87. The smallest absolute Gasteiger partial charge is 0.262 e. The number of rotatable bonds is 6. The van der Waals surface area contributed by atoms with Crippen molar-refractivity contribution in [3.05, 3.63) is 42.3 Å². The fraction of sp³-hybridized carbons (Fsp3) is 0.440. The van der Waals surface area contributed by atoms with E-state index < -0.39 is 17.6 Å². The van der Waals surface area contributed by atoms with Gasteiger partial charge < -0.3 is 24.7 Å². The molecule has 11 nitrogen and oxygen atoms in total. The van der Waals surface area contributed by atoms with Crippen LogP contribution in [0, 0.1) is 0 Å². The van der Waals surface area contributed by atoms with E-state index in [2.05, 4.69) is 25.4 Å². The zero-order chi connectivity index (χ0) is 25.3. The zero-order valence-corrected chi connectivity index (χ0v) is 20.3. The van der Waals surface area contributed by atoms with E-state index in [0.29, 0.717) is 35.3 Å². The van der Waals surface area contributed by atoms with Crippen LogP contribution in [0.5, 0.6) is 0 Å². The van der Waals surface area contributed by atoms with Crippen LogP contribution in [0.15, 0.2) is 41.1 Å². The van der Waals surface area contributed by atoms with Crippen LogP contribution < -0.4 is 5.32 Å². The van der Waals surface area contributed by atoms with Crippen molar-refractivity contribution in [1.82, 2.24) is 29.9 Å². The summed E-state index contributed by atoms with van der Waals surface area (Å²) >= 11 is 0. The summed E-state index contributed by atoms with van der Waals surface area (Å²) in [6, 6.07) is 8.21. The predicted molar refractivity (Wildman–Crippen MR) is 130 cm³/mol. The molecule has 2 N–H and O–H groups in total. The Hall–Kier alpha value is -3.86. The van der Waals surface area contributed by atoms with Crippen LogP contribution >= 0.6 is 0 Å². The third kappa shape index (κ3) is 4.53. The van der Waals surface area contributed by atoms with Crippen molar-refractivity contribution >= 4 is 17.8 Å². The number of likely N-dealkylation sites (N-methyl/N-ethyl adjacent to an activating group) is 1. The standard InChI is InChI=1S/C25H29N7O4/c1-16(22(33)32-12-4-3-5-13-32)27-24-26-11-9-19(29-24)17-7-6-8-18(28-17)20-15-21(36-30-20)25(35)10-14-31(2)23(25)34/h6-9,11,15-16,35H,3-5,10,12-14H2,1-2H3,(H,26,27,29). The Labute approximate surface area is 208 Å². The number of carbonyl (C=O) groups excluding carboxylic acids is 2. The molecule has 2 aliphatic heterocycles. The van der Waals surface area contributed by atoms with E-state index in [9.17, 15) is 14.7 Å². The fourth-order valence-corrected chi connectivity index (χ4v) is 4.61. The van der Waals surface area contributed by atoms with Gasteiger partial charge in [0.2, 0.25) is 17.5 Å². The number of nitrogens with zero attached hydrogens (tertiary/aromatic N) is 6. The van der Waals surface area contributed by atoms with Gasteiger partial charge in [-0.2, -0.15) is 0 Å². The second-order valence-electron chi connectivity index (χ2n) is 9.34. The SMILES string of the molecule is CC(Nc1nccc(-c2cccc(-c3cc(C4(O)CCN(C)C4=O)on3)n2)n1)C(=O)N1CCCCC1. The molecule has 3 aromatic rings. The molecule has 36 heavy (non-hydrogen) atoms. The molecule has 2 aliphatic rings. The van der Waals surface area contributed by atoms with Crippen molar-refractivity contribution < 1.29 is 19.2 Å². The number of amides is 2. The third-order valence-corrected chi connectivity index (χ3v) is 6.74. The van der Waals surface area contributed by atoms with Gasteiger partial charge in [0.25, 0.3) is 5.91 Å². The Balaban J connectivity index is 1.33. The number of anilines is 1. The molecule has 5 rings (SSSR count). The lowest BCUT2D eigenvalue weighted by molar-refractivity contribution is -0.144. The number of pyridine rings is 1. The molecule has 2 amide bonds. The van der Waals surface area contributed by atoms with Gasteiger partial charge in [-0.1, -0.05) is 11.2 Å². The summed E-state index contributed by atoms with van der Waals surface area (Å²) in [5.41, 5.74) is 0.338. The summed E-state index contributed by atoms with van der Waals surface area (Å²) < 4.78 is 5.35. The molecule has 11 heteroatoms. The summed E-state index contributed by atoms with van der Waals surface area (Å²) in [7, 11) is 1.64. The first kappa shape index (κ1) is 23.9. The van der Waals surface area contributed by atoms with Crippen LogP contribution in [-0.4, -0.2) is 79.6 Å². The number of aromatic nitrogens is 4. The number of nitrogens with one attached hydrogen (secondary N) is 1. The molecule has 0 bridgehead atoms. The first-order valence-electron chi connectivity index (χ1n) is 12.2. The van der Waals surface area contributed by atoms with Gasteiger partial charge in [-0.15, -0.1) is 0 Å². The minimum Gasteiger partial charge on any atom is -0.373 e. The molecule has 2 saturated heterocycles. The molecule has 2 atom stereocenters. The Morgan fingerprint density at radius 2 is 1.81 bits per heavy atom. The van der Waals surface area contributed by atoms with Crippen molar-refractivity contribution in [3.8, 4) is 22.8 Å². The molecule has 0 aliphatic carbocycles. The molecule has 3 aromatic heterocycles. The molecule has 2 fully saturated rings. The van der Waals surface area contributed by atoms with Crippen LogP contribution in [0.1, 0.15) is 38.4 Å². The summed E-state index contributed by atoms with van der Waals surface area (Å²) in [4.78, 5) is 42.0. The maximum Gasteiger partial charge on any atom is 0.262 e. The summed E-state index contributed by atoms with van der Waals surface area (Å²) in [5, 5.41) is 18.0. The van der Waals surface area contributed by atoms with Crippen molar-refractivity contribution in [3.63, 3.8) is 0 Å². The van der Waals surface area contributed by atoms with Gasteiger partial charge in [-0.05, 0) is 44.4 Å². The van der Waals surface area contributed by atoms with Crippen molar-refractivity contribution in [1.29, 1.82) is 0 Å². The number of likely N-dealkylation sites (tertiary alicyclic amines) is 2. The van der Waals surface area contributed by atoms with E-state index in [1.165, 1.54) is 4.90 Å². The van der Waals surface area contributed by atoms with Gasteiger partial charge in [0.15, 0.2) is 5.76 Å². The van der Waals surface area contributed by atoms with Crippen LogP contribution in [0.3, 0.4) is 0 Å². The van der Waals surface area contributed by atoms with E-state index in [1.807, 2.05) is 24.0 Å². The Bertz CT molecular complexity index is 1270. The molecule has 0 aromatic carbocycles. The Morgan fingerprint density at radius 1 is 1.08 bits per heavy atom. The molecular formula is C25H29N7O4. The third-order valence-electron chi connectivity index (χ3n) is 6.74. The van der Waals surface area contributed by atoms with E-state index in [0.717, 1.165) is 32.4 Å². The van der Waals surface area contributed by atoms with Crippen LogP contribution in [-0.2, 0) is 15.2 Å². The maximum atomic E-state index is 12.8. The van der Waals surface area contributed by atoms with E-state index in [1.54, 1.807) is 31.4 Å². The van der Waals surface area contributed by atoms with E-state index in [4.69, 9.17) is 4.52 Å². The number of carbonyl (C=O) groups is 2. The van der Waals surface area contributed by atoms with Gasteiger partial charge in [-0.3, -0.25) is 9.59 Å². The van der Waals surface area contributed by atoms with Crippen molar-refractivity contribution in [2.75, 3.05) is 32.0 Å². The van der Waals surface area contributed by atoms with Gasteiger partial charge in [-0.25, -0.2) is 15.0 Å². The highest BCUT2D eigenvalue weighted by atomic mass is 16.5. The predicted octanol–water partition coefficient (Wildman–Crippen LogP) is 2.06. The summed E-state index contributed by atoms with van der Waals surface area (Å²) in [6.07, 6.45) is 5.08. The molecule has 0 radical (unpaired) electrons. The van der Waals surface area contributed by atoms with Gasteiger partial charge in [0.1, 0.15) is 11.7 Å². The van der Waals surface area contributed by atoms with Crippen LogP contribution in [0.25, 0.3) is 22.8 Å². The molecule has 0 spiro atoms. The fourth-order valence-electron chi connectivity index (χ4n) is 4.61. The molecular weight excluding hydrogens is 462 g/mol. The zero-order valence-electron chi connectivity index (χ0n) is 20.3. The monoisotopic (exact) mass is 491 g/mol. The van der Waals surface area contributed by atoms with Crippen LogP contribution in [0.2, 0.25) is 0 Å². The quantitative estimate of drug-likeness (QED) is 0.531. The van der Waals surface area contributed by atoms with E-state index in [-0.39, 0.29) is 18.1 Å². The second-order valence-corrected chi connectivity index (χ2v) is 9.34. The van der Waals surface area contributed by atoms with Gasteiger partial charge >= 0.3 is 0 Å². The van der Waals surface area contributed by atoms with Crippen molar-refractivity contribution in [2.24, 2.45) is 0 Å². The van der Waals surface area contributed by atoms with Crippen molar-refractivity contribution in [2.45, 2.75) is 44.2 Å². The Morgan fingerprint density at radius 3 is 2.53 bits per heavy atom.